The molecule has 0 atom stereocenters. The van der Waals surface area contributed by atoms with Crippen LogP contribution in [-0.2, 0) is 0 Å². The molecule has 0 saturated heterocycles. The normalized spacial score (nSPS) is 11.7. The standard InChI is InChI=1S/C30H24S3/c1-21-3-7-23(8-4-21)11-13-25-15-17-27(31-25)29-19-20-30(33-29)28-18-16-26(32-28)14-12-24-9-5-22(2)6-10-24/h3-20H,1-2H3. The average Bonchev–Trinajstić information content (AvgIpc) is 3.58. The Bertz CT molecular complexity index is 1300. The summed E-state index contributed by atoms with van der Waals surface area (Å²) in [5.74, 6) is 0. The van der Waals surface area contributed by atoms with Crippen molar-refractivity contribution in [3.05, 3.63) is 117 Å². The predicted molar refractivity (Wildman–Crippen MR) is 151 cm³/mol. The van der Waals surface area contributed by atoms with E-state index < -0.39 is 0 Å². The molecule has 5 rings (SSSR count). The fourth-order valence-electron chi connectivity index (χ4n) is 3.46. The van der Waals surface area contributed by atoms with E-state index in [1.165, 1.54) is 51.5 Å². The van der Waals surface area contributed by atoms with Crippen molar-refractivity contribution in [1.82, 2.24) is 0 Å². The van der Waals surface area contributed by atoms with Crippen molar-refractivity contribution in [3.8, 4) is 19.5 Å². The van der Waals surface area contributed by atoms with Crippen LogP contribution in [0.1, 0.15) is 32.0 Å². The van der Waals surface area contributed by atoms with Crippen molar-refractivity contribution in [2.75, 3.05) is 0 Å². The summed E-state index contributed by atoms with van der Waals surface area (Å²) in [6.45, 7) is 4.24. The molecular formula is C30H24S3. The molecule has 0 fully saturated rings. The molecule has 0 aliphatic heterocycles. The van der Waals surface area contributed by atoms with E-state index in [1.807, 2.05) is 34.0 Å². The molecule has 0 bridgehead atoms. The summed E-state index contributed by atoms with van der Waals surface area (Å²) < 4.78 is 0. The quantitative estimate of drug-likeness (QED) is 0.227. The van der Waals surface area contributed by atoms with Crippen LogP contribution in [0.15, 0.2) is 84.9 Å². The summed E-state index contributed by atoms with van der Waals surface area (Å²) in [6.07, 6.45) is 8.79. The van der Waals surface area contributed by atoms with Crippen molar-refractivity contribution < 1.29 is 0 Å². The van der Waals surface area contributed by atoms with Crippen LogP contribution in [0.3, 0.4) is 0 Å². The molecule has 0 amide bonds. The van der Waals surface area contributed by atoms with Crippen LogP contribution in [0, 0.1) is 13.8 Å². The van der Waals surface area contributed by atoms with E-state index in [9.17, 15) is 0 Å². The SMILES string of the molecule is Cc1ccc(C=Cc2ccc(-c3ccc(-c4ccc(C=Cc5ccc(C)cc5)s4)s3)s2)cc1. The maximum Gasteiger partial charge on any atom is 0.0449 e. The second-order valence-electron chi connectivity index (χ2n) is 8.06. The molecule has 5 aromatic rings. The summed E-state index contributed by atoms with van der Waals surface area (Å²) in [4.78, 5) is 7.86. The summed E-state index contributed by atoms with van der Waals surface area (Å²) >= 11 is 5.56. The maximum absolute atomic E-state index is 2.25. The third kappa shape index (κ3) is 5.51. The zero-order valence-electron chi connectivity index (χ0n) is 18.6. The summed E-state index contributed by atoms with van der Waals surface area (Å²) in [5.41, 5.74) is 5.05. The summed E-state index contributed by atoms with van der Waals surface area (Å²) in [7, 11) is 0. The van der Waals surface area contributed by atoms with Crippen molar-refractivity contribution >= 4 is 58.3 Å². The van der Waals surface area contributed by atoms with Gasteiger partial charge in [-0.1, -0.05) is 71.8 Å². The van der Waals surface area contributed by atoms with Crippen LogP contribution < -0.4 is 0 Å². The molecule has 3 aromatic heterocycles. The lowest BCUT2D eigenvalue weighted by atomic mass is 10.1. The van der Waals surface area contributed by atoms with Crippen LogP contribution in [0.2, 0.25) is 0 Å². The minimum absolute atomic E-state index is 1.24. The molecule has 2 aromatic carbocycles. The van der Waals surface area contributed by atoms with E-state index in [0.29, 0.717) is 0 Å². The molecule has 0 spiro atoms. The van der Waals surface area contributed by atoms with Gasteiger partial charge in [0, 0.05) is 29.3 Å². The van der Waals surface area contributed by atoms with Crippen molar-refractivity contribution in [2.24, 2.45) is 0 Å². The fourth-order valence-corrected chi connectivity index (χ4v) is 6.47. The Hall–Kier alpha value is -2.98. The van der Waals surface area contributed by atoms with Crippen LogP contribution in [-0.4, -0.2) is 0 Å². The van der Waals surface area contributed by atoms with Crippen LogP contribution in [0.5, 0.6) is 0 Å². The number of hydrogen-bond donors (Lipinski definition) is 0. The second-order valence-corrected chi connectivity index (χ2v) is 11.4. The van der Waals surface area contributed by atoms with E-state index in [2.05, 4.69) is 123 Å². The molecule has 0 aliphatic rings. The summed E-state index contributed by atoms with van der Waals surface area (Å²) in [5, 5.41) is 0. The van der Waals surface area contributed by atoms with Crippen LogP contribution >= 0.6 is 34.0 Å². The zero-order chi connectivity index (χ0) is 22.6. The molecule has 3 heteroatoms. The van der Waals surface area contributed by atoms with Crippen molar-refractivity contribution in [1.29, 1.82) is 0 Å². The van der Waals surface area contributed by atoms with Gasteiger partial charge in [-0.3, -0.25) is 0 Å². The fraction of sp³-hybridized carbons (Fsp3) is 0.0667. The first-order chi connectivity index (χ1) is 16.1. The van der Waals surface area contributed by atoms with Crippen molar-refractivity contribution in [3.63, 3.8) is 0 Å². The predicted octanol–water partition coefficient (Wildman–Crippen LogP) is 10.2. The van der Waals surface area contributed by atoms with Gasteiger partial charge < -0.3 is 0 Å². The number of hydrogen-bond acceptors (Lipinski definition) is 3. The molecular weight excluding hydrogens is 457 g/mol. The van der Waals surface area contributed by atoms with Gasteiger partial charge in [0.2, 0.25) is 0 Å². The van der Waals surface area contributed by atoms with Gasteiger partial charge in [-0.05, 0) is 73.5 Å². The Morgan fingerprint density at radius 2 is 0.758 bits per heavy atom. The van der Waals surface area contributed by atoms with Crippen LogP contribution in [0.25, 0.3) is 43.8 Å². The zero-order valence-corrected chi connectivity index (χ0v) is 21.1. The molecule has 0 aliphatic carbocycles. The number of aryl methyl sites for hydroxylation is 2. The molecule has 0 unspecified atom stereocenters. The molecule has 0 radical (unpaired) electrons. The largest absolute Gasteiger partial charge is 0.135 e. The van der Waals surface area contributed by atoms with Gasteiger partial charge in [0.05, 0.1) is 0 Å². The highest BCUT2D eigenvalue weighted by Gasteiger charge is 2.09. The monoisotopic (exact) mass is 480 g/mol. The third-order valence-corrected chi connectivity index (χ3v) is 8.96. The van der Waals surface area contributed by atoms with E-state index in [1.54, 1.807) is 0 Å². The number of rotatable bonds is 6. The Morgan fingerprint density at radius 1 is 0.394 bits per heavy atom. The lowest BCUT2D eigenvalue weighted by Gasteiger charge is -1.94. The van der Waals surface area contributed by atoms with Gasteiger partial charge in [0.1, 0.15) is 0 Å². The van der Waals surface area contributed by atoms with E-state index in [0.717, 1.165) is 0 Å². The first kappa shape index (κ1) is 21.8. The van der Waals surface area contributed by atoms with Gasteiger partial charge in [-0.15, -0.1) is 34.0 Å². The third-order valence-electron chi connectivity index (χ3n) is 5.38. The van der Waals surface area contributed by atoms with Gasteiger partial charge >= 0.3 is 0 Å². The van der Waals surface area contributed by atoms with Gasteiger partial charge in [-0.2, -0.15) is 0 Å². The van der Waals surface area contributed by atoms with Gasteiger partial charge in [0.25, 0.3) is 0 Å². The number of thiophene rings is 3. The van der Waals surface area contributed by atoms with Crippen LogP contribution in [0.4, 0.5) is 0 Å². The molecule has 33 heavy (non-hydrogen) atoms. The Labute approximate surface area is 207 Å². The number of benzene rings is 2. The second kappa shape index (κ2) is 9.88. The van der Waals surface area contributed by atoms with E-state index in [-0.39, 0.29) is 0 Å². The van der Waals surface area contributed by atoms with E-state index >= 15 is 0 Å². The lowest BCUT2D eigenvalue weighted by Crippen LogP contribution is -1.72. The minimum Gasteiger partial charge on any atom is -0.135 e. The Balaban J connectivity index is 1.28. The highest BCUT2D eigenvalue weighted by Crippen LogP contribution is 2.40. The van der Waals surface area contributed by atoms with Gasteiger partial charge in [0.15, 0.2) is 0 Å². The first-order valence-electron chi connectivity index (χ1n) is 10.9. The lowest BCUT2D eigenvalue weighted by molar-refractivity contribution is 1.46. The highest BCUT2D eigenvalue weighted by molar-refractivity contribution is 7.26. The molecule has 0 saturated carbocycles. The Kier molecular flexibility index (Phi) is 6.54. The molecule has 3 heterocycles. The minimum atomic E-state index is 1.24. The Morgan fingerprint density at radius 3 is 1.18 bits per heavy atom. The molecule has 162 valence electrons. The maximum atomic E-state index is 2.25. The smallest absolute Gasteiger partial charge is 0.0449 e. The first-order valence-corrected chi connectivity index (χ1v) is 13.4. The summed E-state index contributed by atoms with van der Waals surface area (Å²) in [6, 6.07) is 30.7. The highest BCUT2D eigenvalue weighted by atomic mass is 32.1. The van der Waals surface area contributed by atoms with Crippen molar-refractivity contribution in [2.45, 2.75) is 13.8 Å². The topological polar surface area (TPSA) is 0 Å². The average molecular weight is 481 g/mol. The van der Waals surface area contributed by atoms with Gasteiger partial charge in [-0.25, -0.2) is 0 Å². The van der Waals surface area contributed by atoms with E-state index in [4.69, 9.17) is 0 Å². The molecule has 0 N–H and O–H groups in total. The molecule has 0 nitrogen and oxygen atoms in total.